The summed E-state index contributed by atoms with van der Waals surface area (Å²) in [6.45, 7) is 4.36. The van der Waals surface area contributed by atoms with Crippen molar-refractivity contribution in [3.05, 3.63) is 48.5 Å². The zero-order chi connectivity index (χ0) is 13.4. The van der Waals surface area contributed by atoms with Crippen LogP contribution in [0.3, 0.4) is 0 Å². The van der Waals surface area contributed by atoms with Crippen LogP contribution in [0.25, 0.3) is 21.8 Å². The summed E-state index contributed by atoms with van der Waals surface area (Å²) in [5, 5.41) is 2.43. The molecule has 0 aliphatic carbocycles. The predicted octanol–water partition coefficient (Wildman–Crippen LogP) is 4.02. The second kappa shape index (κ2) is 4.54. The molecule has 19 heavy (non-hydrogen) atoms. The Bertz CT molecular complexity index is 699. The molecule has 2 heteroatoms. The maximum atomic E-state index is 12.1. The molecular formula is C17H17NO. The van der Waals surface area contributed by atoms with E-state index in [-0.39, 0.29) is 11.7 Å². The van der Waals surface area contributed by atoms with Crippen molar-refractivity contribution in [2.45, 2.75) is 20.4 Å². The van der Waals surface area contributed by atoms with Gasteiger partial charge in [0, 0.05) is 27.7 Å². The van der Waals surface area contributed by atoms with Gasteiger partial charge in [-0.15, -0.1) is 0 Å². The van der Waals surface area contributed by atoms with Crippen molar-refractivity contribution in [1.29, 1.82) is 0 Å². The zero-order valence-corrected chi connectivity index (χ0v) is 11.3. The van der Waals surface area contributed by atoms with Gasteiger partial charge in [0.25, 0.3) is 0 Å². The minimum absolute atomic E-state index is 0.0694. The third-order valence-electron chi connectivity index (χ3n) is 3.64. The van der Waals surface area contributed by atoms with Crippen molar-refractivity contribution >= 4 is 27.6 Å². The summed E-state index contributed by atoms with van der Waals surface area (Å²) >= 11 is 0. The minimum atomic E-state index is 0.0694. The molecule has 3 rings (SSSR count). The lowest BCUT2D eigenvalue weighted by Gasteiger charge is -2.08. The first-order chi connectivity index (χ1) is 9.18. The Kier molecular flexibility index (Phi) is 2.86. The van der Waals surface area contributed by atoms with Crippen LogP contribution in [0.2, 0.25) is 0 Å². The van der Waals surface area contributed by atoms with Crippen molar-refractivity contribution in [2.24, 2.45) is 5.92 Å². The summed E-state index contributed by atoms with van der Waals surface area (Å²) in [6.07, 6.45) is 0. The molecule has 0 atom stereocenters. The number of para-hydroxylation sites is 2. The van der Waals surface area contributed by atoms with Crippen LogP contribution in [0.5, 0.6) is 0 Å². The van der Waals surface area contributed by atoms with Crippen molar-refractivity contribution < 1.29 is 4.79 Å². The van der Waals surface area contributed by atoms with Crippen molar-refractivity contribution in [3.8, 4) is 0 Å². The fourth-order valence-electron chi connectivity index (χ4n) is 2.51. The average molecular weight is 251 g/mol. The molecule has 0 radical (unpaired) electrons. The Labute approximate surface area is 112 Å². The monoisotopic (exact) mass is 251 g/mol. The molecular weight excluding hydrogens is 234 g/mol. The first-order valence-electron chi connectivity index (χ1n) is 6.67. The van der Waals surface area contributed by atoms with Crippen LogP contribution in [0, 0.1) is 5.92 Å². The summed E-state index contributed by atoms with van der Waals surface area (Å²) in [4.78, 5) is 12.1. The van der Waals surface area contributed by atoms with Gasteiger partial charge in [0.15, 0.2) is 5.78 Å². The number of rotatable bonds is 3. The Morgan fingerprint density at radius 2 is 1.42 bits per heavy atom. The number of benzene rings is 2. The lowest BCUT2D eigenvalue weighted by molar-refractivity contribution is -0.122. The van der Waals surface area contributed by atoms with Crippen LogP contribution < -0.4 is 0 Å². The highest BCUT2D eigenvalue weighted by atomic mass is 16.1. The van der Waals surface area contributed by atoms with Crippen LogP contribution in [0.4, 0.5) is 0 Å². The average Bonchev–Trinajstić information content (AvgIpc) is 2.74. The van der Waals surface area contributed by atoms with Crippen LogP contribution in [-0.4, -0.2) is 10.4 Å². The van der Waals surface area contributed by atoms with Crippen molar-refractivity contribution in [1.82, 2.24) is 4.57 Å². The maximum absolute atomic E-state index is 12.1. The molecule has 0 amide bonds. The summed E-state index contributed by atoms with van der Waals surface area (Å²) in [5.74, 6) is 0.339. The quantitative estimate of drug-likeness (QED) is 0.689. The second-order valence-corrected chi connectivity index (χ2v) is 5.24. The molecule has 0 fully saturated rings. The van der Waals surface area contributed by atoms with E-state index in [1.54, 1.807) is 0 Å². The molecule has 96 valence electrons. The van der Waals surface area contributed by atoms with E-state index < -0.39 is 0 Å². The number of aromatic nitrogens is 1. The molecule has 0 aliphatic heterocycles. The molecule has 0 unspecified atom stereocenters. The van der Waals surface area contributed by atoms with E-state index in [1.165, 1.54) is 10.8 Å². The van der Waals surface area contributed by atoms with E-state index in [0.29, 0.717) is 6.54 Å². The molecule has 1 aromatic heterocycles. The van der Waals surface area contributed by atoms with E-state index in [0.717, 1.165) is 11.0 Å². The van der Waals surface area contributed by atoms with E-state index in [2.05, 4.69) is 28.8 Å². The van der Waals surface area contributed by atoms with Crippen molar-refractivity contribution in [3.63, 3.8) is 0 Å². The summed E-state index contributed by atoms with van der Waals surface area (Å²) < 4.78 is 2.13. The van der Waals surface area contributed by atoms with Gasteiger partial charge in [0.2, 0.25) is 0 Å². The largest absolute Gasteiger partial charge is 0.333 e. The van der Waals surface area contributed by atoms with Crippen LogP contribution >= 0.6 is 0 Å². The topological polar surface area (TPSA) is 22.0 Å². The van der Waals surface area contributed by atoms with Gasteiger partial charge in [-0.2, -0.15) is 0 Å². The van der Waals surface area contributed by atoms with Gasteiger partial charge in [0.05, 0.1) is 6.54 Å². The van der Waals surface area contributed by atoms with Gasteiger partial charge in [0.1, 0.15) is 0 Å². The fourth-order valence-corrected chi connectivity index (χ4v) is 2.51. The molecule has 3 aromatic rings. The normalized spacial score (nSPS) is 11.5. The Hall–Kier alpha value is -2.09. The molecule has 0 spiro atoms. The molecule has 2 nitrogen and oxygen atoms in total. The second-order valence-electron chi connectivity index (χ2n) is 5.24. The minimum Gasteiger partial charge on any atom is -0.333 e. The number of fused-ring (bicyclic) bond motifs is 3. The van der Waals surface area contributed by atoms with Crippen LogP contribution in [0.15, 0.2) is 48.5 Å². The number of hydrogen-bond donors (Lipinski definition) is 0. The third kappa shape index (κ3) is 1.93. The van der Waals surface area contributed by atoms with Crippen molar-refractivity contribution in [2.75, 3.05) is 0 Å². The first-order valence-corrected chi connectivity index (χ1v) is 6.67. The van der Waals surface area contributed by atoms with Gasteiger partial charge in [-0.05, 0) is 12.1 Å². The van der Waals surface area contributed by atoms with Gasteiger partial charge in [-0.25, -0.2) is 0 Å². The fraction of sp³-hybridized carbons (Fsp3) is 0.235. The molecule has 2 aromatic carbocycles. The van der Waals surface area contributed by atoms with E-state index in [4.69, 9.17) is 0 Å². The molecule has 0 aliphatic rings. The van der Waals surface area contributed by atoms with E-state index in [1.807, 2.05) is 38.1 Å². The highest BCUT2D eigenvalue weighted by molar-refractivity contribution is 6.08. The Morgan fingerprint density at radius 1 is 0.947 bits per heavy atom. The molecule has 0 bridgehead atoms. The van der Waals surface area contributed by atoms with Crippen LogP contribution in [0.1, 0.15) is 13.8 Å². The number of carbonyl (C=O) groups is 1. The summed E-state index contributed by atoms with van der Waals surface area (Å²) in [5.41, 5.74) is 2.27. The lowest BCUT2D eigenvalue weighted by atomic mass is 10.1. The van der Waals surface area contributed by atoms with Gasteiger partial charge in [-0.1, -0.05) is 50.2 Å². The SMILES string of the molecule is CC(C)C(=O)Cn1c2ccccc2c2ccccc21. The number of Topliss-reactive ketones (excluding diaryl/α,β-unsaturated/α-hetero) is 1. The molecule has 1 heterocycles. The highest BCUT2D eigenvalue weighted by Gasteiger charge is 2.14. The van der Waals surface area contributed by atoms with E-state index in [9.17, 15) is 4.79 Å². The van der Waals surface area contributed by atoms with Gasteiger partial charge in [-0.3, -0.25) is 4.79 Å². The molecule has 0 N–H and O–H groups in total. The highest BCUT2D eigenvalue weighted by Crippen LogP contribution is 2.28. The standard InChI is InChI=1S/C17H17NO/c1-12(2)17(19)11-18-15-9-5-3-7-13(15)14-8-4-6-10-16(14)18/h3-10,12H,11H2,1-2H3. The number of hydrogen-bond acceptors (Lipinski definition) is 1. The number of carbonyl (C=O) groups excluding carboxylic acids is 1. The Morgan fingerprint density at radius 3 is 1.89 bits per heavy atom. The first kappa shape index (κ1) is 12.0. The summed E-state index contributed by atoms with van der Waals surface area (Å²) in [7, 11) is 0. The third-order valence-corrected chi connectivity index (χ3v) is 3.64. The molecule has 0 saturated heterocycles. The lowest BCUT2D eigenvalue weighted by Crippen LogP contribution is -2.15. The van der Waals surface area contributed by atoms with Gasteiger partial charge >= 0.3 is 0 Å². The van der Waals surface area contributed by atoms with Gasteiger partial charge < -0.3 is 4.57 Å². The Balaban J connectivity index is 2.28. The zero-order valence-electron chi connectivity index (χ0n) is 11.3. The molecule has 0 saturated carbocycles. The smallest absolute Gasteiger partial charge is 0.155 e. The predicted molar refractivity (Wildman–Crippen MR) is 79.3 cm³/mol. The number of nitrogens with zero attached hydrogens (tertiary/aromatic N) is 1. The van der Waals surface area contributed by atoms with Crippen LogP contribution in [-0.2, 0) is 11.3 Å². The maximum Gasteiger partial charge on any atom is 0.155 e. The van der Waals surface area contributed by atoms with E-state index >= 15 is 0 Å². The number of ketones is 1. The summed E-state index contributed by atoms with van der Waals surface area (Å²) in [6, 6.07) is 16.6.